The third-order valence-electron chi connectivity index (χ3n) is 4.85. The summed E-state index contributed by atoms with van der Waals surface area (Å²) in [6.07, 6.45) is 2.42. The normalized spacial score (nSPS) is 19.7. The lowest BCUT2D eigenvalue weighted by molar-refractivity contribution is -0.146. The van der Waals surface area contributed by atoms with Crippen LogP contribution >= 0.6 is 0 Å². The summed E-state index contributed by atoms with van der Waals surface area (Å²) < 4.78 is 0. The van der Waals surface area contributed by atoms with Crippen LogP contribution in [-0.4, -0.2) is 36.1 Å². The molecule has 2 aliphatic heterocycles. The lowest BCUT2D eigenvalue weighted by Crippen LogP contribution is -2.45. The molecule has 1 saturated heterocycles. The number of fused-ring (bicyclic) bond motifs is 1. The minimum atomic E-state index is -0.415. The summed E-state index contributed by atoms with van der Waals surface area (Å²) in [6, 6.07) is 16.5. The van der Waals surface area contributed by atoms with E-state index in [1.807, 2.05) is 29.2 Å². The van der Waals surface area contributed by atoms with Crippen molar-refractivity contribution >= 4 is 17.6 Å². The van der Waals surface area contributed by atoms with Crippen LogP contribution in [0.3, 0.4) is 0 Å². The van der Waals surface area contributed by atoms with Gasteiger partial charge in [0.05, 0.1) is 5.56 Å². The van der Waals surface area contributed by atoms with E-state index in [2.05, 4.69) is 6.07 Å². The highest BCUT2D eigenvalue weighted by Crippen LogP contribution is 2.30. The molecule has 2 heterocycles. The summed E-state index contributed by atoms with van der Waals surface area (Å²) >= 11 is 0. The summed E-state index contributed by atoms with van der Waals surface area (Å²) in [5.74, 6) is -0.398. The van der Waals surface area contributed by atoms with E-state index < -0.39 is 12.0 Å². The average molecular weight is 336 g/mol. The Morgan fingerprint density at radius 2 is 1.72 bits per heavy atom. The van der Waals surface area contributed by atoms with Gasteiger partial charge in [-0.15, -0.1) is 5.06 Å². The molecular formula is C20H20N2O3. The largest absolute Gasteiger partial charge is 0.363 e. The van der Waals surface area contributed by atoms with Crippen molar-refractivity contribution in [3.63, 3.8) is 0 Å². The monoisotopic (exact) mass is 336 g/mol. The van der Waals surface area contributed by atoms with E-state index in [0.29, 0.717) is 25.1 Å². The van der Waals surface area contributed by atoms with Crippen LogP contribution in [0.25, 0.3) is 0 Å². The fourth-order valence-corrected chi connectivity index (χ4v) is 3.58. The maximum absolute atomic E-state index is 13.0. The highest BCUT2D eigenvalue weighted by molar-refractivity contribution is 5.99. The van der Waals surface area contributed by atoms with Crippen LogP contribution in [0, 0.1) is 0 Å². The predicted molar refractivity (Wildman–Crippen MR) is 94.1 cm³/mol. The number of carbonyl (C=O) groups is 2. The van der Waals surface area contributed by atoms with Gasteiger partial charge in [0.2, 0.25) is 5.91 Å². The van der Waals surface area contributed by atoms with Crippen molar-refractivity contribution in [1.82, 2.24) is 5.06 Å². The van der Waals surface area contributed by atoms with E-state index in [-0.39, 0.29) is 5.91 Å². The quantitative estimate of drug-likeness (QED) is 0.865. The topological polar surface area (TPSA) is 49.9 Å². The maximum Gasteiger partial charge on any atom is 0.357 e. The highest BCUT2D eigenvalue weighted by Gasteiger charge is 2.38. The van der Waals surface area contributed by atoms with Gasteiger partial charge in [-0.3, -0.25) is 4.79 Å². The summed E-state index contributed by atoms with van der Waals surface area (Å²) in [7, 11) is 0. The Kier molecular flexibility index (Phi) is 4.24. The fourth-order valence-electron chi connectivity index (χ4n) is 3.58. The molecule has 0 saturated carbocycles. The fraction of sp³-hybridized carbons (Fsp3) is 0.300. The predicted octanol–water partition coefficient (Wildman–Crippen LogP) is 2.81. The van der Waals surface area contributed by atoms with Gasteiger partial charge in [-0.05, 0) is 43.0 Å². The Morgan fingerprint density at radius 1 is 0.960 bits per heavy atom. The van der Waals surface area contributed by atoms with Crippen molar-refractivity contribution in [2.24, 2.45) is 0 Å². The van der Waals surface area contributed by atoms with Crippen LogP contribution in [0.4, 0.5) is 5.69 Å². The Hall–Kier alpha value is -2.66. The molecule has 5 nitrogen and oxygen atoms in total. The third kappa shape index (κ3) is 3.03. The van der Waals surface area contributed by atoms with Crippen LogP contribution in [-0.2, 0) is 16.1 Å². The van der Waals surface area contributed by atoms with Crippen LogP contribution in [0.15, 0.2) is 54.6 Å². The summed E-state index contributed by atoms with van der Waals surface area (Å²) in [4.78, 5) is 32.7. The second-order valence-corrected chi connectivity index (χ2v) is 6.41. The molecule has 2 aliphatic rings. The molecule has 1 atom stereocenters. The number of hydrogen-bond donors (Lipinski definition) is 0. The first-order chi connectivity index (χ1) is 12.2. The Morgan fingerprint density at radius 3 is 2.56 bits per heavy atom. The zero-order valence-corrected chi connectivity index (χ0v) is 13.9. The van der Waals surface area contributed by atoms with Crippen molar-refractivity contribution in [3.8, 4) is 0 Å². The molecule has 0 radical (unpaired) electrons. The summed E-state index contributed by atoms with van der Waals surface area (Å²) in [6.45, 7) is 1.28. The zero-order chi connectivity index (χ0) is 17.2. The molecule has 0 bridgehead atoms. The van der Waals surface area contributed by atoms with Crippen molar-refractivity contribution in [2.75, 3.05) is 18.0 Å². The summed E-state index contributed by atoms with van der Waals surface area (Å²) in [5, 5.41) is 1.55. The maximum atomic E-state index is 13.0. The molecular weight excluding hydrogens is 316 g/mol. The number of carbonyl (C=O) groups excluding carboxylic acids is 2. The van der Waals surface area contributed by atoms with E-state index in [0.717, 1.165) is 18.5 Å². The first kappa shape index (κ1) is 15.8. The van der Waals surface area contributed by atoms with Gasteiger partial charge in [0.15, 0.2) is 0 Å². The van der Waals surface area contributed by atoms with Gasteiger partial charge in [0.25, 0.3) is 0 Å². The van der Waals surface area contributed by atoms with E-state index in [1.54, 1.807) is 29.3 Å². The molecule has 4 rings (SSSR count). The highest BCUT2D eigenvalue weighted by atomic mass is 16.7. The van der Waals surface area contributed by atoms with E-state index in [1.165, 1.54) is 5.56 Å². The average Bonchev–Trinajstić information content (AvgIpc) is 3.29. The van der Waals surface area contributed by atoms with Crippen LogP contribution < -0.4 is 4.90 Å². The number of benzene rings is 2. The van der Waals surface area contributed by atoms with Crippen molar-refractivity contribution in [2.45, 2.75) is 25.3 Å². The minimum Gasteiger partial charge on any atom is -0.363 e. The van der Waals surface area contributed by atoms with Crippen molar-refractivity contribution in [3.05, 3.63) is 65.7 Å². The first-order valence-corrected chi connectivity index (χ1v) is 8.67. The first-order valence-electron chi connectivity index (χ1n) is 8.67. The van der Waals surface area contributed by atoms with Crippen LogP contribution in [0.5, 0.6) is 0 Å². The number of hydrogen-bond acceptors (Lipinski definition) is 4. The number of anilines is 1. The number of amides is 1. The molecule has 1 fully saturated rings. The van der Waals surface area contributed by atoms with E-state index in [4.69, 9.17) is 4.84 Å². The second kappa shape index (κ2) is 6.69. The molecule has 2 aromatic carbocycles. The Bertz CT molecular complexity index is 791. The van der Waals surface area contributed by atoms with Crippen molar-refractivity contribution in [1.29, 1.82) is 0 Å². The molecule has 1 amide bonds. The molecule has 0 spiro atoms. The van der Waals surface area contributed by atoms with E-state index in [9.17, 15) is 9.59 Å². The van der Waals surface area contributed by atoms with E-state index >= 15 is 0 Å². The summed E-state index contributed by atoms with van der Waals surface area (Å²) in [5.41, 5.74) is 2.67. The van der Waals surface area contributed by atoms with Gasteiger partial charge < -0.3 is 9.74 Å². The van der Waals surface area contributed by atoms with Crippen LogP contribution in [0.2, 0.25) is 0 Å². The number of hydroxylamine groups is 2. The molecule has 128 valence electrons. The SMILES string of the molecule is O=C(ON1CCC[C@H]1C(=O)N1CCc2ccccc21)c1ccccc1. The van der Waals surface area contributed by atoms with Crippen LogP contribution in [0.1, 0.15) is 28.8 Å². The minimum absolute atomic E-state index is 0.0170. The standard InChI is InChI=1S/C20H20N2O3/c23-19(21-14-12-15-7-4-5-10-17(15)21)18-11-6-13-22(18)25-20(24)16-8-2-1-3-9-16/h1-5,7-10,18H,6,11-14H2/t18-/m0/s1. The Labute approximate surface area is 146 Å². The third-order valence-corrected chi connectivity index (χ3v) is 4.85. The van der Waals surface area contributed by atoms with Gasteiger partial charge in [-0.25, -0.2) is 4.79 Å². The number of rotatable bonds is 3. The molecule has 0 unspecified atom stereocenters. The molecule has 0 N–H and O–H groups in total. The Balaban J connectivity index is 1.48. The van der Waals surface area contributed by atoms with Gasteiger partial charge in [-0.1, -0.05) is 36.4 Å². The molecule has 2 aromatic rings. The lowest BCUT2D eigenvalue weighted by Gasteiger charge is -2.27. The molecule has 25 heavy (non-hydrogen) atoms. The lowest BCUT2D eigenvalue weighted by atomic mass is 10.1. The number of para-hydroxylation sites is 1. The smallest absolute Gasteiger partial charge is 0.357 e. The zero-order valence-electron chi connectivity index (χ0n) is 13.9. The van der Waals surface area contributed by atoms with Gasteiger partial charge in [-0.2, -0.15) is 0 Å². The van der Waals surface area contributed by atoms with Gasteiger partial charge >= 0.3 is 5.97 Å². The molecule has 0 aromatic heterocycles. The van der Waals surface area contributed by atoms with Gasteiger partial charge in [0.1, 0.15) is 6.04 Å². The molecule has 0 aliphatic carbocycles. The number of nitrogens with zero attached hydrogens (tertiary/aromatic N) is 2. The second-order valence-electron chi connectivity index (χ2n) is 6.41. The van der Waals surface area contributed by atoms with Gasteiger partial charge in [0, 0.05) is 18.8 Å². The molecule has 5 heteroatoms. The van der Waals surface area contributed by atoms with Crippen molar-refractivity contribution < 1.29 is 14.4 Å².